The minimum atomic E-state index is 0.636. The van der Waals surface area contributed by atoms with E-state index >= 15 is 0 Å². The van der Waals surface area contributed by atoms with Crippen molar-refractivity contribution in [3.05, 3.63) is 23.5 Å². The Morgan fingerprint density at radius 1 is 1.58 bits per heavy atom. The molecule has 0 radical (unpaired) electrons. The summed E-state index contributed by atoms with van der Waals surface area (Å²) in [6.45, 7) is 4.47. The molecule has 0 saturated heterocycles. The first-order chi connectivity index (χ1) is 5.79. The van der Waals surface area contributed by atoms with Gasteiger partial charge in [0.1, 0.15) is 0 Å². The summed E-state index contributed by atoms with van der Waals surface area (Å²) >= 11 is 0. The first-order valence-corrected chi connectivity index (χ1v) is 4.73. The SMILES string of the molecule is CCC(C)C1=C(OC)CCC=C1. The highest BCUT2D eigenvalue weighted by Crippen LogP contribution is 2.26. The van der Waals surface area contributed by atoms with Crippen molar-refractivity contribution >= 4 is 0 Å². The molecule has 0 bridgehead atoms. The second-order valence-electron chi connectivity index (χ2n) is 3.33. The number of allylic oxidation sites excluding steroid dienone is 4. The Hall–Kier alpha value is -0.720. The molecule has 0 spiro atoms. The minimum absolute atomic E-state index is 0.636. The molecule has 12 heavy (non-hydrogen) atoms. The molecule has 1 rings (SSSR count). The van der Waals surface area contributed by atoms with Gasteiger partial charge in [-0.15, -0.1) is 0 Å². The molecule has 0 saturated carbocycles. The topological polar surface area (TPSA) is 9.23 Å². The average Bonchev–Trinajstić information content (AvgIpc) is 2.16. The van der Waals surface area contributed by atoms with Crippen LogP contribution in [0, 0.1) is 5.92 Å². The third-order valence-corrected chi connectivity index (χ3v) is 2.55. The van der Waals surface area contributed by atoms with E-state index in [1.807, 2.05) is 0 Å². The van der Waals surface area contributed by atoms with Crippen molar-refractivity contribution in [1.29, 1.82) is 0 Å². The molecule has 1 heteroatoms. The van der Waals surface area contributed by atoms with E-state index in [0.29, 0.717) is 5.92 Å². The Morgan fingerprint density at radius 2 is 2.33 bits per heavy atom. The third-order valence-electron chi connectivity index (χ3n) is 2.55. The maximum absolute atomic E-state index is 5.36. The Kier molecular flexibility index (Phi) is 3.39. The summed E-state index contributed by atoms with van der Waals surface area (Å²) in [6, 6.07) is 0. The van der Waals surface area contributed by atoms with Gasteiger partial charge in [-0.1, -0.05) is 26.0 Å². The third kappa shape index (κ3) is 1.90. The van der Waals surface area contributed by atoms with Gasteiger partial charge in [0.25, 0.3) is 0 Å². The van der Waals surface area contributed by atoms with Crippen molar-refractivity contribution in [2.24, 2.45) is 5.92 Å². The lowest BCUT2D eigenvalue weighted by molar-refractivity contribution is 0.267. The summed E-state index contributed by atoms with van der Waals surface area (Å²) in [4.78, 5) is 0. The van der Waals surface area contributed by atoms with Crippen LogP contribution in [0.1, 0.15) is 33.1 Å². The molecule has 0 N–H and O–H groups in total. The van der Waals surface area contributed by atoms with E-state index in [9.17, 15) is 0 Å². The first-order valence-electron chi connectivity index (χ1n) is 4.73. The zero-order chi connectivity index (χ0) is 8.97. The van der Waals surface area contributed by atoms with Gasteiger partial charge in [-0.05, 0) is 24.3 Å². The molecule has 1 aliphatic carbocycles. The number of ether oxygens (including phenoxy) is 1. The largest absolute Gasteiger partial charge is 0.501 e. The zero-order valence-corrected chi connectivity index (χ0v) is 8.26. The molecule has 0 aromatic heterocycles. The molecule has 1 aliphatic rings. The fourth-order valence-corrected chi connectivity index (χ4v) is 1.54. The fourth-order valence-electron chi connectivity index (χ4n) is 1.54. The monoisotopic (exact) mass is 166 g/mol. The lowest BCUT2D eigenvalue weighted by atomic mass is 9.92. The summed E-state index contributed by atoms with van der Waals surface area (Å²) in [6.07, 6.45) is 7.85. The van der Waals surface area contributed by atoms with Gasteiger partial charge in [-0.2, -0.15) is 0 Å². The Morgan fingerprint density at radius 3 is 2.92 bits per heavy atom. The molecule has 0 aromatic carbocycles. The van der Waals surface area contributed by atoms with Crippen molar-refractivity contribution < 1.29 is 4.74 Å². The maximum Gasteiger partial charge on any atom is 0.0992 e. The number of hydrogen-bond donors (Lipinski definition) is 0. The molecule has 0 aliphatic heterocycles. The van der Waals surface area contributed by atoms with Gasteiger partial charge < -0.3 is 4.74 Å². The molecule has 0 heterocycles. The zero-order valence-electron chi connectivity index (χ0n) is 8.26. The van der Waals surface area contributed by atoms with E-state index in [0.717, 1.165) is 12.8 Å². The summed E-state index contributed by atoms with van der Waals surface area (Å²) in [5.41, 5.74) is 1.39. The summed E-state index contributed by atoms with van der Waals surface area (Å²) in [5, 5.41) is 0. The molecule has 0 fully saturated rings. The van der Waals surface area contributed by atoms with Gasteiger partial charge in [0.2, 0.25) is 0 Å². The summed E-state index contributed by atoms with van der Waals surface area (Å²) in [7, 11) is 1.77. The molecule has 68 valence electrons. The van der Waals surface area contributed by atoms with Crippen molar-refractivity contribution in [3.63, 3.8) is 0 Å². The molecular weight excluding hydrogens is 148 g/mol. The molecule has 1 nitrogen and oxygen atoms in total. The van der Waals surface area contributed by atoms with Gasteiger partial charge in [0.15, 0.2) is 0 Å². The summed E-state index contributed by atoms with van der Waals surface area (Å²) < 4.78 is 5.36. The van der Waals surface area contributed by atoms with E-state index in [2.05, 4.69) is 26.0 Å². The van der Waals surface area contributed by atoms with E-state index in [1.165, 1.54) is 17.8 Å². The fraction of sp³-hybridized carbons (Fsp3) is 0.636. The van der Waals surface area contributed by atoms with Crippen LogP contribution in [0.2, 0.25) is 0 Å². The van der Waals surface area contributed by atoms with Gasteiger partial charge >= 0.3 is 0 Å². The Bertz CT molecular complexity index is 201. The van der Waals surface area contributed by atoms with Crippen LogP contribution in [0.5, 0.6) is 0 Å². The normalized spacial score (nSPS) is 19.6. The van der Waals surface area contributed by atoms with E-state index in [-0.39, 0.29) is 0 Å². The molecule has 1 unspecified atom stereocenters. The molecule has 1 atom stereocenters. The van der Waals surface area contributed by atoms with Crippen LogP contribution < -0.4 is 0 Å². The van der Waals surface area contributed by atoms with Crippen molar-refractivity contribution in [1.82, 2.24) is 0 Å². The van der Waals surface area contributed by atoms with Crippen molar-refractivity contribution in [2.75, 3.05) is 7.11 Å². The average molecular weight is 166 g/mol. The smallest absolute Gasteiger partial charge is 0.0992 e. The minimum Gasteiger partial charge on any atom is -0.501 e. The summed E-state index contributed by atoms with van der Waals surface area (Å²) in [5.74, 6) is 1.82. The van der Waals surface area contributed by atoms with Crippen LogP contribution >= 0.6 is 0 Å². The van der Waals surface area contributed by atoms with E-state index in [4.69, 9.17) is 4.74 Å². The Labute approximate surface area is 75.1 Å². The highest BCUT2D eigenvalue weighted by Gasteiger charge is 2.13. The van der Waals surface area contributed by atoms with Crippen LogP contribution in [0.15, 0.2) is 23.5 Å². The highest BCUT2D eigenvalue weighted by molar-refractivity contribution is 5.28. The number of rotatable bonds is 3. The lowest BCUT2D eigenvalue weighted by Crippen LogP contribution is -2.04. The van der Waals surface area contributed by atoms with Crippen molar-refractivity contribution in [2.45, 2.75) is 33.1 Å². The predicted octanol–water partition coefficient (Wildman–Crippen LogP) is 3.28. The lowest BCUT2D eigenvalue weighted by Gasteiger charge is -2.18. The van der Waals surface area contributed by atoms with Gasteiger partial charge in [-0.3, -0.25) is 0 Å². The number of hydrogen-bond acceptors (Lipinski definition) is 1. The van der Waals surface area contributed by atoms with Crippen LogP contribution in [-0.4, -0.2) is 7.11 Å². The van der Waals surface area contributed by atoms with Crippen LogP contribution in [0.4, 0.5) is 0 Å². The van der Waals surface area contributed by atoms with Gasteiger partial charge in [0, 0.05) is 6.42 Å². The van der Waals surface area contributed by atoms with Gasteiger partial charge in [-0.25, -0.2) is 0 Å². The number of methoxy groups -OCH3 is 1. The second-order valence-corrected chi connectivity index (χ2v) is 3.33. The van der Waals surface area contributed by atoms with Crippen molar-refractivity contribution in [3.8, 4) is 0 Å². The van der Waals surface area contributed by atoms with Crippen LogP contribution in [0.25, 0.3) is 0 Å². The van der Waals surface area contributed by atoms with E-state index < -0.39 is 0 Å². The standard InChI is InChI=1S/C11H18O/c1-4-9(2)10-7-5-6-8-11(10)12-3/h5,7,9H,4,6,8H2,1-3H3. The highest BCUT2D eigenvalue weighted by atomic mass is 16.5. The molecular formula is C11H18O. The van der Waals surface area contributed by atoms with Crippen LogP contribution in [0.3, 0.4) is 0 Å². The van der Waals surface area contributed by atoms with Gasteiger partial charge in [0.05, 0.1) is 12.9 Å². The quantitative estimate of drug-likeness (QED) is 0.625. The maximum atomic E-state index is 5.36. The molecule has 0 amide bonds. The first kappa shape index (κ1) is 9.37. The predicted molar refractivity (Wildman–Crippen MR) is 51.9 cm³/mol. The Balaban J connectivity index is 2.80. The van der Waals surface area contributed by atoms with E-state index in [1.54, 1.807) is 7.11 Å². The second kappa shape index (κ2) is 4.34. The van der Waals surface area contributed by atoms with Crippen LogP contribution in [-0.2, 0) is 4.74 Å². The molecule has 0 aromatic rings.